The minimum absolute atomic E-state index is 0.127. The third kappa shape index (κ3) is 4.34. The van der Waals surface area contributed by atoms with Crippen molar-refractivity contribution >= 4 is 40.8 Å². The van der Waals surface area contributed by atoms with Crippen LogP contribution < -0.4 is 9.64 Å². The van der Waals surface area contributed by atoms with Gasteiger partial charge in [0.05, 0.1) is 0 Å². The number of rotatable bonds is 3. The largest absolute Gasteiger partial charge is 0.508 e. The van der Waals surface area contributed by atoms with Crippen molar-refractivity contribution in [2.45, 2.75) is 13.0 Å². The summed E-state index contributed by atoms with van der Waals surface area (Å²) in [5.41, 5.74) is 3.52. The lowest BCUT2D eigenvalue weighted by Crippen LogP contribution is -2.47. The summed E-state index contributed by atoms with van der Waals surface area (Å²) in [6, 6.07) is 12.1. The number of carbonyl (C=O) groups is 2. The van der Waals surface area contributed by atoms with E-state index in [0.29, 0.717) is 41.1 Å². The minimum atomic E-state index is -0.329. The second-order valence-electron chi connectivity index (χ2n) is 7.99. The molecule has 2 aliphatic rings. The van der Waals surface area contributed by atoms with Crippen molar-refractivity contribution in [2.24, 2.45) is 0 Å². The quantitative estimate of drug-likeness (QED) is 0.606. The van der Waals surface area contributed by atoms with E-state index in [1.807, 2.05) is 6.07 Å². The summed E-state index contributed by atoms with van der Waals surface area (Å²) in [7, 11) is 0. The van der Waals surface area contributed by atoms with Gasteiger partial charge in [0, 0.05) is 34.9 Å². The molecule has 168 valence electrons. The van der Waals surface area contributed by atoms with Crippen molar-refractivity contribution in [1.29, 1.82) is 0 Å². The van der Waals surface area contributed by atoms with Gasteiger partial charge in [0.1, 0.15) is 12.3 Å². The van der Waals surface area contributed by atoms with E-state index < -0.39 is 0 Å². The average Bonchev–Trinajstić information content (AvgIpc) is 2.79. The predicted molar refractivity (Wildman–Crippen MR) is 125 cm³/mol. The molecule has 0 fully saturated rings. The van der Waals surface area contributed by atoms with Gasteiger partial charge in [-0.2, -0.15) is 0 Å². The predicted octanol–water partition coefficient (Wildman–Crippen LogP) is 4.07. The van der Waals surface area contributed by atoms with Gasteiger partial charge in [0.2, 0.25) is 5.91 Å². The molecule has 0 unspecified atom stereocenters. The third-order valence-corrected chi connectivity index (χ3v) is 6.22. The SMILES string of the molecule is O=C(CN1C(=O)COc2cc(-c3cc(Cl)cc(Cl)c3)cnc21)N1CCc2cc(O)ccc2C1. The fraction of sp³-hybridized carbons (Fsp3) is 0.208. The Hall–Kier alpha value is -3.29. The summed E-state index contributed by atoms with van der Waals surface area (Å²) in [5, 5.41) is 10.7. The van der Waals surface area contributed by atoms with Crippen LogP contribution >= 0.6 is 23.2 Å². The Morgan fingerprint density at radius 2 is 1.85 bits per heavy atom. The smallest absolute Gasteiger partial charge is 0.266 e. The first kappa shape index (κ1) is 21.6. The molecular weight excluding hydrogens is 465 g/mol. The highest BCUT2D eigenvalue weighted by Crippen LogP contribution is 2.35. The lowest BCUT2D eigenvalue weighted by Gasteiger charge is -2.33. The highest BCUT2D eigenvalue weighted by molar-refractivity contribution is 6.35. The van der Waals surface area contributed by atoms with Crippen molar-refractivity contribution < 1.29 is 19.4 Å². The van der Waals surface area contributed by atoms with Gasteiger partial charge in [0.25, 0.3) is 5.91 Å². The zero-order valence-electron chi connectivity index (χ0n) is 17.4. The summed E-state index contributed by atoms with van der Waals surface area (Å²) in [5.74, 6) is 0.426. The molecule has 0 saturated heterocycles. The molecule has 3 heterocycles. The van der Waals surface area contributed by atoms with Gasteiger partial charge in [-0.25, -0.2) is 4.98 Å². The van der Waals surface area contributed by atoms with Crippen LogP contribution in [-0.4, -0.2) is 46.5 Å². The van der Waals surface area contributed by atoms with E-state index in [4.69, 9.17) is 27.9 Å². The number of benzene rings is 2. The molecule has 0 radical (unpaired) electrons. The van der Waals surface area contributed by atoms with Gasteiger partial charge >= 0.3 is 0 Å². The Morgan fingerprint density at radius 1 is 1.06 bits per heavy atom. The van der Waals surface area contributed by atoms with Crippen molar-refractivity contribution in [3.05, 3.63) is 69.8 Å². The number of pyridine rings is 1. The number of fused-ring (bicyclic) bond motifs is 2. The summed E-state index contributed by atoms with van der Waals surface area (Å²) in [6.45, 7) is 0.645. The molecule has 0 aliphatic carbocycles. The van der Waals surface area contributed by atoms with Crippen LogP contribution in [0.5, 0.6) is 11.5 Å². The van der Waals surface area contributed by atoms with Gasteiger partial charge in [-0.1, -0.05) is 29.3 Å². The molecular formula is C24H19Cl2N3O4. The van der Waals surface area contributed by atoms with E-state index >= 15 is 0 Å². The zero-order valence-corrected chi connectivity index (χ0v) is 18.9. The average molecular weight is 484 g/mol. The van der Waals surface area contributed by atoms with Crippen molar-refractivity contribution in [3.8, 4) is 22.6 Å². The van der Waals surface area contributed by atoms with E-state index in [2.05, 4.69) is 4.98 Å². The van der Waals surface area contributed by atoms with Gasteiger partial charge in [-0.3, -0.25) is 14.5 Å². The molecule has 0 atom stereocenters. The van der Waals surface area contributed by atoms with Crippen LogP contribution in [0, 0.1) is 0 Å². The number of ether oxygens (including phenoxy) is 1. The molecule has 2 amide bonds. The highest BCUT2D eigenvalue weighted by atomic mass is 35.5. The number of amides is 2. The standard InChI is InChI=1S/C24H19Cl2N3O4/c25-18-5-16(6-19(26)9-18)17-8-21-24(27-10-17)29(23(32)13-33-21)12-22(31)28-4-3-14-7-20(30)2-1-15(14)11-28/h1-2,5-10,30H,3-4,11-13H2. The lowest BCUT2D eigenvalue weighted by atomic mass is 9.99. The Labute approximate surface area is 200 Å². The van der Waals surface area contributed by atoms with E-state index in [1.165, 1.54) is 4.90 Å². The number of hydrogen-bond donors (Lipinski definition) is 1. The van der Waals surface area contributed by atoms with Crippen LogP contribution in [0.25, 0.3) is 11.1 Å². The van der Waals surface area contributed by atoms with Crippen molar-refractivity contribution in [1.82, 2.24) is 9.88 Å². The maximum atomic E-state index is 13.0. The Morgan fingerprint density at radius 3 is 2.64 bits per heavy atom. The molecule has 0 spiro atoms. The van der Waals surface area contributed by atoms with Gasteiger partial charge in [-0.05, 0) is 59.5 Å². The molecule has 2 aromatic carbocycles. The first-order valence-corrected chi connectivity index (χ1v) is 11.1. The number of nitrogens with zero attached hydrogens (tertiary/aromatic N) is 3. The normalized spacial score (nSPS) is 15.0. The number of carbonyl (C=O) groups excluding carboxylic acids is 2. The van der Waals surface area contributed by atoms with Crippen LogP contribution in [0.2, 0.25) is 10.0 Å². The number of aromatic nitrogens is 1. The number of anilines is 1. The molecule has 9 heteroatoms. The summed E-state index contributed by atoms with van der Waals surface area (Å²) < 4.78 is 5.61. The van der Waals surface area contributed by atoms with E-state index in [-0.39, 0.29) is 30.7 Å². The molecule has 33 heavy (non-hydrogen) atoms. The van der Waals surface area contributed by atoms with Crippen molar-refractivity contribution in [2.75, 3.05) is 24.6 Å². The number of aromatic hydroxyl groups is 1. The van der Waals surface area contributed by atoms with Crippen LogP contribution in [-0.2, 0) is 22.6 Å². The molecule has 0 bridgehead atoms. The second-order valence-corrected chi connectivity index (χ2v) is 8.86. The van der Waals surface area contributed by atoms with E-state index in [0.717, 1.165) is 22.3 Å². The fourth-order valence-corrected chi connectivity index (χ4v) is 4.64. The van der Waals surface area contributed by atoms with Gasteiger partial charge in [0.15, 0.2) is 18.2 Å². The van der Waals surface area contributed by atoms with E-state index in [1.54, 1.807) is 47.5 Å². The first-order valence-electron chi connectivity index (χ1n) is 10.4. The maximum Gasteiger partial charge on any atom is 0.266 e. The lowest BCUT2D eigenvalue weighted by molar-refractivity contribution is -0.132. The maximum absolute atomic E-state index is 13.0. The van der Waals surface area contributed by atoms with Gasteiger partial charge < -0.3 is 14.7 Å². The molecule has 7 nitrogen and oxygen atoms in total. The Kier molecular flexibility index (Phi) is 5.60. The fourth-order valence-electron chi connectivity index (χ4n) is 4.11. The molecule has 5 rings (SSSR count). The Bertz CT molecular complexity index is 1260. The molecule has 2 aliphatic heterocycles. The Balaban J connectivity index is 1.37. The number of phenols is 1. The van der Waals surface area contributed by atoms with Crippen molar-refractivity contribution in [3.63, 3.8) is 0 Å². The highest BCUT2D eigenvalue weighted by Gasteiger charge is 2.31. The number of halogens is 2. The number of hydrogen-bond acceptors (Lipinski definition) is 5. The van der Waals surface area contributed by atoms with Crippen LogP contribution in [0.4, 0.5) is 5.82 Å². The second kappa shape index (κ2) is 8.57. The molecule has 1 aromatic heterocycles. The molecule has 0 saturated carbocycles. The van der Waals surface area contributed by atoms with Crippen LogP contribution in [0.15, 0.2) is 48.7 Å². The summed E-state index contributed by atoms with van der Waals surface area (Å²) in [4.78, 5) is 33.1. The zero-order chi connectivity index (χ0) is 23.1. The van der Waals surface area contributed by atoms with Crippen LogP contribution in [0.3, 0.4) is 0 Å². The van der Waals surface area contributed by atoms with E-state index in [9.17, 15) is 14.7 Å². The summed E-state index contributed by atoms with van der Waals surface area (Å²) in [6.07, 6.45) is 2.25. The minimum Gasteiger partial charge on any atom is -0.508 e. The third-order valence-electron chi connectivity index (χ3n) is 5.78. The molecule has 1 N–H and O–H groups in total. The summed E-state index contributed by atoms with van der Waals surface area (Å²) >= 11 is 12.2. The van der Waals surface area contributed by atoms with Gasteiger partial charge in [-0.15, -0.1) is 0 Å². The number of phenolic OH excluding ortho intramolecular Hbond substituents is 1. The first-order chi connectivity index (χ1) is 15.9. The molecule has 3 aromatic rings. The topological polar surface area (TPSA) is 83.0 Å². The monoisotopic (exact) mass is 483 g/mol. The van der Waals surface area contributed by atoms with Crippen LogP contribution in [0.1, 0.15) is 11.1 Å².